The molecule has 0 amide bonds. The average molecular weight is 216 g/mol. The van der Waals surface area contributed by atoms with Crippen molar-refractivity contribution in [3.05, 3.63) is 12.5 Å². The Morgan fingerprint density at radius 2 is 2.27 bits per heavy atom. The van der Waals surface area contributed by atoms with E-state index in [1.807, 2.05) is 0 Å². The monoisotopic (exact) mass is 216 g/mol. The van der Waals surface area contributed by atoms with Crippen molar-refractivity contribution < 1.29 is 8.78 Å². The Labute approximate surface area is 86.9 Å². The van der Waals surface area contributed by atoms with Gasteiger partial charge in [-0.3, -0.25) is 4.90 Å². The minimum Gasteiger partial charge on any atom is -0.360 e. The van der Waals surface area contributed by atoms with Gasteiger partial charge in [-0.2, -0.15) is 0 Å². The molecule has 1 atom stereocenters. The fourth-order valence-corrected chi connectivity index (χ4v) is 1.81. The average Bonchev–Trinajstić information content (AvgIpc) is 2.59. The Morgan fingerprint density at radius 1 is 1.53 bits per heavy atom. The lowest BCUT2D eigenvalue weighted by Crippen LogP contribution is -2.38. The fraction of sp³-hybridized carbons (Fsp3) is 0.667. The van der Waals surface area contributed by atoms with Gasteiger partial charge in [0.05, 0.1) is 19.1 Å². The van der Waals surface area contributed by atoms with Gasteiger partial charge < -0.3 is 9.88 Å². The molecule has 2 rings (SSSR count). The molecule has 1 N–H and O–H groups in total. The van der Waals surface area contributed by atoms with Crippen LogP contribution in [0.1, 0.15) is 0 Å². The maximum Gasteiger partial charge on any atom is 0.281 e. The highest BCUT2D eigenvalue weighted by Crippen LogP contribution is 2.28. The Morgan fingerprint density at radius 3 is 2.73 bits per heavy atom. The zero-order valence-electron chi connectivity index (χ0n) is 8.74. The van der Waals surface area contributed by atoms with Gasteiger partial charge in [-0.15, -0.1) is 0 Å². The number of likely N-dealkylation sites (tertiary alicyclic amines) is 1. The molecular weight excluding hydrogens is 202 g/mol. The Hall–Kier alpha value is -1.17. The lowest BCUT2D eigenvalue weighted by molar-refractivity contribution is 0.00592. The van der Waals surface area contributed by atoms with Crippen molar-refractivity contribution in [3.63, 3.8) is 0 Å². The molecule has 1 saturated heterocycles. The minimum atomic E-state index is -2.68. The topological polar surface area (TPSA) is 33.1 Å². The van der Waals surface area contributed by atoms with Gasteiger partial charge >= 0.3 is 0 Å². The van der Waals surface area contributed by atoms with Crippen LogP contribution in [0.2, 0.25) is 0 Å². The molecule has 15 heavy (non-hydrogen) atoms. The summed E-state index contributed by atoms with van der Waals surface area (Å²) in [5, 5.41) is 2.82. The molecule has 84 valence electrons. The maximum absolute atomic E-state index is 13.4. The van der Waals surface area contributed by atoms with Gasteiger partial charge in [-0.05, 0) is 7.05 Å². The van der Waals surface area contributed by atoms with Crippen molar-refractivity contribution in [1.29, 1.82) is 0 Å². The number of aryl methyl sites for hydroxylation is 1. The van der Waals surface area contributed by atoms with Crippen molar-refractivity contribution in [2.24, 2.45) is 7.05 Å². The number of rotatable bonds is 2. The van der Waals surface area contributed by atoms with Crippen LogP contribution in [0.4, 0.5) is 14.6 Å². The van der Waals surface area contributed by atoms with Crippen LogP contribution in [0.15, 0.2) is 12.5 Å². The summed E-state index contributed by atoms with van der Waals surface area (Å²) in [5.41, 5.74) is 0. The summed E-state index contributed by atoms with van der Waals surface area (Å²) < 4.78 is 28.6. The second-order valence-electron chi connectivity index (χ2n) is 4.04. The summed E-state index contributed by atoms with van der Waals surface area (Å²) in [6.45, 7) is 0.153. The number of imidazole rings is 1. The van der Waals surface area contributed by atoms with E-state index in [-0.39, 0.29) is 6.54 Å². The van der Waals surface area contributed by atoms with Crippen LogP contribution in [-0.2, 0) is 7.05 Å². The van der Waals surface area contributed by atoms with Crippen LogP contribution in [0.3, 0.4) is 0 Å². The van der Waals surface area contributed by atoms with Gasteiger partial charge in [0.15, 0.2) is 0 Å². The third kappa shape index (κ3) is 1.94. The third-order valence-electron chi connectivity index (χ3n) is 2.62. The summed E-state index contributed by atoms with van der Waals surface area (Å²) in [5.74, 6) is -2.06. The highest BCUT2D eigenvalue weighted by Gasteiger charge is 2.47. The van der Waals surface area contributed by atoms with E-state index in [2.05, 4.69) is 10.3 Å². The summed E-state index contributed by atoms with van der Waals surface area (Å²) >= 11 is 0. The van der Waals surface area contributed by atoms with E-state index in [1.54, 1.807) is 36.1 Å². The summed E-state index contributed by atoms with van der Waals surface area (Å²) in [6, 6.07) is -0.835. The van der Waals surface area contributed by atoms with E-state index in [0.717, 1.165) is 0 Å². The van der Waals surface area contributed by atoms with Gasteiger partial charge in [0, 0.05) is 13.6 Å². The van der Waals surface area contributed by atoms with E-state index < -0.39 is 12.0 Å². The predicted octanol–water partition coefficient (Wildman–Crippen LogP) is 0.781. The van der Waals surface area contributed by atoms with E-state index in [0.29, 0.717) is 12.4 Å². The molecule has 1 aliphatic heterocycles. The van der Waals surface area contributed by atoms with Crippen LogP contribution in [0.25, 0.3) is 0 Å². The number of nitrogens with one attached hydrogen (secondary N) is 1. The Kier molecular flexibility index (Phi) is 2.38. The quantitative estimate of drug-likeness (QED) is 0.793. The predicted molar refractivity (Wildman–Crippen MR) is 53.1 cm³/mol. The molecule has 1 aromatic rings. The van der Waals surface area contributed by atoms with Crippen LogP contribution in [0, 0.1) is 0 Å². The van der Waals surface area contributed by atoms with Crippen LogP contribution in [0.5, 0.6) is 0 Å². The lowest BCUT2D eigenvalue weighted by atomic mass is 10.2. The maximum atomic E-state index is 13.4. The molecule has 0 bridgehead atoms. The first kappa shape index (κ1) is 10.4. The van der Waals surface area contributed by atoms with Crippen LogP contribution >= 0.6 is 0 Å². The fourth-order valence-electron chi connectivity index (χ4n) is 1.81. The van der Waals surface area contributed by atoms with Gasteiger partial charge in [0.2, 0.25) is 0 Å². The second-order valence-corrected chi connectivity index (χ2v) is 4.04. The first-order valence-corrected chi connectivity index (χ1v) is 4.78. The lowest BCUT2D eigenvalue weighted by Gasteiger charge is -2.19. The number of alkyl halides is 2. The minimum absolute atomic E-state index is 0.192. The summed E-state index contributed by atoms with van der Waals surface area (Å²) in [7, 11) is 3.46. The molecule has 6 heteroatoms. The second kappa shape index (κ2) is 3.44. The normalized spacial score (nSPS) is 25.7. The molecule has 0 radical (unpaired) electrons. The van der Waals surface area contributed by atoms with Crippen LogP contribution in [-0.4, -0.2) is 46.6 Å². The summed E-state index contributed by atoms with van der Waals surface area (Å²) in [4.78, 5) is 5.49. The van der Waals surface area contributed by atoms with Crippen LogP contribution < -0.4 is 5.32 Å². The van der Waals surface area contributed by atoms with Gasteiger partial charge in [0.25, 0.3) is 5.92 Å². The Balaban J connectivity index is 2.10. The molecule has 1 unspecified atom stereocenters. The molecule has 1 aromatic heterocycles. The van der Waals surface area contributed by atoms with E-state index in [4.69, 9.17) is 0 Å². The van der Waals surface area contributed by atoms with Gasteiger partial charge in [0.1, 0.15) is 11.9 Å². The molecular formula is C9H14F2N4. The van der Waals surface area contributed by atoms with Crippen molar-refractivity contribution in [2.45, 2.75) is 12.0 Å². The van der Waals surface area contributed by atoms with E-state index in [1.165, 1.54) is 0 Å². The molecule has 0 saturated carbocycles. The van der Waals surface area contributed by atoms with Crippen molar-refractivity contribution in [3.8, 4) is 0 Å². The highest BCUT2D eigenvalue weighted by atomic mass is 19.3. The third-order valence-corrected chi connectivity index (χ3v) is 2.62. The zero-order valence-corrected chi connectivity index (χ0v) is 8.74. The smallest absolute Gasteiger partial charge is 0.281 e. The molecule has 0 aromatic carbocycles. The Bertz CT molecular complexity index is 350. The van der Waals surface area contributed by atoms with E-state index >= 15 is 0 Å². The molecule has 1 fully saturated rings. The number of aromatic nitrogens is 2. The van der Waals surface area contributed by atoms with Crippen molar-refractivity contribution >= 4 is 5.82 Å². The molecule has 0 spiro atoms. The highest BCUT2D eigenvalue weighted by molar-refractivity contribution is 5.35. The number of likely N-dealkylation sites (N-methyl/N-ethyl adjacent to an activating group) is 1. The number of nitrogens with zero attached hydrogens (tertiary/aromatic N) is 3. The number of hydrogen-bond donors (Lipinski definition) is 1. The van der Waals surface area contributed by atoms with Gasteiger partial charge in [-0.25, -0.2) is 13.8 Å². The summed E-state index contributed by atoms with van der Waals surface area (Å²) in [6.07, 6.45) is 3.13. The van der Waals surface area contributed by atoms with Crippen molar-refractivity contribution in [2.75, 3.05) is 25.5 Å². The van der Waals surface area contributed by atoms with E-state index in [9.17, 15) is 8.78 Å². The van der Waals surface area contributed by atoms with Crippen molar-refractivity contribution in [1.82, 2.24) is 14.5 Å². The number of hydrogen-bond acceptors (Lipinski definition) is 3. The van der Waals surface area contributed by atoms with Gasteiger partial charge in [-0.1, -0.05) is 0 Å². The number of anilines is 1. The molecule has 1 aliphatic rings. The molecule has 4 nitrogen and oxygen atoms in total. The standard InChI is InChI=1S/C9H14F2N4/c1-14-4-7(9(10,11)5-14)13-8-3-12-6-15(8)2/h3,6-7,13H,4-5H2,1-2H3. The SMILES string of the molecule is CN1CC(Nc2cncn2C)C(F)(F)C1. The first-order valence-electron chi connectivity index (χ1n) is 4.78. The largest absolute Gasteiger partial charge is 0.360 e. The molecule has 2 heterocycles. The molecule has 0 aliphatic carbocycles. The number of halogens is 2. The zero-order chi connectivity index (χ0) is 11.1. The first-order chi connectivity index (χ1) is 6.99.